The quantitative estimate of drug-likeness (QED) is 0.839. The molecule has 0 amide bonds. The van der Waals surface area contributed by atoms with Crippen molar-refractivity contribution in [3.05, 3.63) is 28.4 Å². The smallest absolute Gasteiger partial charge is 0.188 e. The van der Waals surface area contributed by atoms with Gasteiger partial charge in [-0.15, -0.1) is 23.1 Å². The molecule has 3 rings (SSSR count). The first-order valence-electron chi connectivity index (χ1n) is 7.01. The Hall–Kier alpha value is -1.07. The van der Waals surface area contributed by atoms with Gasteiger partial charge in [-0.2, -0.15) is 0 Å². The van der Waals surface area contributed by atoms with E-state index in [0.29, 0.717) is 5.25 Å². The van der Waals surface area contributed by atoms with E-state index < -0.39 is 0 Å². The standard InChI is InChI=1S/C15H19N3S2/c1-9(2)19-11-7-10(3)16-14(8-11)18-15-17-12-5-4-6-13(12)20-15/h7-9H,4-6H2,1-3H3,(H,16,17,18). The van der Waals surface area contributed by atoms with E-state index in [-0.39, 0.29) is 0 Å². The van der Waals surface area contributed by atoms with E-state index in [9.17, 15) is 0 Å². The fraction of sp³-hybridized carbons (Fsp3) is 0.467. The molecule has 2 heterocycles. The lowest BCUT2D eigenvalue weighted by Crippen LogP contribution is -1.96. The third-order valence-electron chi connectivity index (χ3n) is 3.13. The summed E-state index contributed by atoms with van der Waals surface area (Å²) in [5, 5.41) is 4.93. The largest absolute Gasteiger partial charge is 0.316 e. The lowest BCUT2D eigenvalue weighted by Gasteiger charge is -2.09. The van der Waals surface area contributed by atoms with Crippen LogP contribution in [0.5, 0.6) is 0 Å². The van der Waals surface area contributed by atoms with Crippen molar-refractivity contribution >= 4 is 34.0 Å². The van der Waals surface area contributed by atoms with Gasteiger partial charge in [0.1, 0.15) is 5.82 Å². The second-order valence-electron chi connectivity index (χ2n) is 5.36. The monoisotopic (exact) mass is 305 g/mol. The van der Waals surface area contributed by atoms with E-state index in [4.69, 9.17) is 0 Å². The summed E-state index contributed by atoms with van der Waals surface area (Å²) in [5.41, 5.74) is 2.32. The highest BCUT2D eigenvalue weighted by molar-refractivity contribution is 7.99. The van der Waals surface area contributed by atoms with Crippen LogP contribution in [0.15, 0.2) is 17.0 Å². The molecule has 5 heteroatoms. The van der Waals surface area contributed by atoms with Gasteiger partial charge in [0.25, 0.3) is 0 Å². The van der Waals surface area contributed by atoms with Crippen LogP contribution in [0.1, 0.15) is 36.5 Å². The van der Waals surface area contributed by atoms with Crippen LogP contribution in [-0.2, 0) is 12.8 Å². The highest BCUT2D eigenvalue weighted by Gasteiger charge is 2.17. The maximum Gasteiger partial charge on any atom is 0.188 e. The Bertz CT molecular complexity index is 598. The number of aromatic nitrogens is 2. The number of rotatable bonds is 4. The molecule has 2 aromatic heterocycles. The summed E-state index contributed by atoms with van der Waals surface area (Å²) in [7, 11) is 0. The predicted molar refractivity (Wildman–Crippen MR) is 87.4 cm³/mol. The third-order valence-corrected chi connectivity index (χ3v) is 5.18. The Labute approximate surface area is 128 Å². The lowest BCUT2D eigenvalue weighted by atomic mass is 10.3. The highest BCUT2D eigenvalue weighted by Crippen LogP contribution is 2.32. The summed E-state index contributed by atoms with van der Waals surface area (Å²) in [4.78, 5) is 11.9. The first-order valence-corrected chi connectivity index (χ1v) is 8.71. The Morgan fingerprint density at radius 3 is 2.85 bits per heavy atom. The predicted octanol–water partition coefficient (Wildman–Crippen LogP) is 4.58. The SMILES string of the molecule is Cc1cc(SC(C)C)cc(Nc2nc3c(s2)CCC3)n1. The number of nitrogens with zero attached hydrogens (tertiary/aromatic N) is 2. The second kappa shape index (κ2) is 5.74. The molecule has 1 aliphatic carbocycles. The van der Waals surface area contributed by atoms with E-state index in [1.54, 1.807) is 11.3 Å². The number of anilines is 2. The van der Waals surface area contributed by atoms with Crippen molar-refractivity contribution in [1.82, 2.24) is 9.97 Å². The summed E-state index contributed by atoms with van der Waals surface area (Å²) in [6, 6.07) is 4.25. The van der Waals surface area contributed by atoms with Gasteiger partial charge in [-0.1, -0.05) is 13.8 Å². The van der Waals surface area contributed by atoms with E-state index in [0.717, 1.165) is 23.1 Å². The summed E-state index contributed by atoms with van der Waals surface area (Å²) < 4.78 is 0. The van der Waals surface area contributed by atoms with Crippen LogP contribution in [0.25, 0.3) is 0 Å². The van der Waals surface area contributed by atoms with Crippen molar-refractivity contribution < 1.29 is 0 Å². The van der Waals surface area contributed by atoms with Crippen molar-refractivity contribution in [2.75, 3.05) is 5.32 Å². The van der Waals surface area contributed by atoms with E-state index in [1.165, 1.54) is 28.3 Å². The Balaban J connectivity index is 1.80. The van der Waals surface area contributed by atoms with E-state index in [1.807, 2.05) is 18.7 Å². The van der Waals surface area contributed by atoms with Crippen LogP contribution in [0.3, 0.4) is 0 Å². The number of thioether (sulfide) groups is 1. The number of hydrogen-bond donors (Lipinski definition) is 1. The van der Waals surface area contributed by atoms with Gasteiger partial charge in [-0.25, -0.2) is 9.97 Å². The maximum atomic E-state index is 4.67. The molecule has 20 heavy (non-hydrogen) atoms. The third kappa shape index (κ3) is 3.15. The zero-order chi connectivity index (χ0) is 14.1. The lowest BCUT2D eigenvalue weighted by molar-refractivity contribution is 0.900. The normalized spacial score (nSPS) is 13.8. The van der Waals surface area contributed by atoms with Crippen LogP contribution in [0, 0.1) is 6.92 Å². The van der Waals surface area contributed by atoms with Gasteiger partial charge in [-0.05, 0) is 38.3 Å². The summed E-state index contributed by atoms with van der Waals surface area (Å²) in [6.45, 7) is 6.45. The molecule has 106 valence electrons. The second-order valence-corrected chi connectivity index (χ2v) is 8.10. The maximum absolute atomic E-state index is 4.67. The Kier molecular flexibility index (Phi) is 3.98. The van der Waals surface area contributed by atoms with Crippen LogP contribution >= 0.6 is 23.1 Å². The van der Waals surface area contributed by atoms with Gasteiger partial charge in [0.15, 0.2) is 5.13 Å². The zero-order valence-electron chi connectivity index (χ0n) is 12.1. The molecular formula is C15H19N3S2. The average Bonchev–Trinajstić information content (AvgIpc) is 2.87. The summed E-state index contributed by atoms with van der Waals surface area (Å²) >= 11 is 3.64. The van der Waals surface area contributed by atoms with E-state index in [2.05, 4.69) is 41.3 Å². The minimum Gasteiger partial charge on any atom is -0.316 e. The fourth-order valence-electron chi connectivity index (χ4n) is 2.39. The van der Waals surface area contributed by atoms with Crippen molar-refractivity contribution in [1.29, 1.82) is 0 Å². The molecule has 1 aliphatic rings. The van der Waals surface area contributed by atoms with Gasteiger partial charge < -0.3 is 5.32 Å². The summed E-state index contributed by atoms with van der Waals surface area (Å²) in [6.07, 6.45) is 3.57. The number of nitrogens with one attached hydrogen (secondary N) is 1. The molecule has 0 spiro atoms. The van der Waals surface area contributed by atoms with Gasteiger partial charge in [-0.3, -0.25) is 0 Å². The number of pyridine rings is 1. The first-order chi connectivity index (χ1) is 9.60. The molecule has 0 fully saturated rings. The molecule has 0 saturated heterocycles. The highest BCUT2D eigenvalue weighted by atomic mass is 32.2. The van der Waals surface area contributed by atoms with Crippen molar-refractivity contribution in [2.24, 2.45) is 0 Å². The van der Waals surface area contributed by atoms with Crippen molar-refractivity contribution in [3.8, 4) is 0 Å². The Morgan fingerprint density at radius 2 is 2.10 bits per heavy atom. The average molecular weight is 305 g/mol. The van der Waals surface area contributed by atoms with Crippen LogP contribution in [0.4, 0.5) is 10.9 Å². The van der Waals surface area contributed by atoms with Gasteiger partial charge in [0.05, 0.1) is 5.69 Å². The molecule has 3 nitrogen and oxygen atoms in total. The molecule has 0 bridgehead atoms. The number of fused-ring (bicyclic) bond motifs is 1. The minimum atomic E-state index is 0.577. The van der Waals surface area contributed by atoms with Crippen LogP contribution < -0.4 is 5.32 Å². The number of aryl methyl sites for hydroxylation is 3. The molecule has 0 unspecified atom stereocenters. The minimum absolute atomic E-state index is 0.577. The molecule has 0 aromatic carbocycles. The van der Waals surface area contributed by atoms with Gasteiger partial charge in [0, 0.05) is 20.7 Å². The molecule has 1 N–H and O–H groups in total. The molecule has 0 atom stereocenters. The van der Waals surface area contributed by atoms with Crippen molar-refractivity contribution in [3.63, 3.8) is 0 Å². The first kappa shape index (κ1) is 13.9. The van der Waals surface area contributed by atoms with Crippen LogP contribution in [0.2, 0.25) is 0 Å². The summed E-state index contributed by atoms with van der Waals surface area (Å²) in [5.74, 6) is 0.903. The molecule has 0 radical (unpaired) electrons. The fourth-order valence-corrected chi connectivity index (χ4v) is 4.41. The molecule has 2 aromatic rings. The van der Waals surface area contributed by atoms with Gasteiger partial charge >= 0.3 is 0 Å². The van der Waals surface area contributed by atoms with E-state index >= 15 is 0 Å². The topological polar surface area (TPSA) is 37.8 Å². The molecular weight excluding hydrogens is 286 g/mol. The Morgan fingerprint density at radius 1 is 1.25 bits per heavy atom. The van der Waals surface area contributed by atoms with Gasteiger partial charge in [0.2, 0.25) is 0 Å². The molecule has 0 saturated carbocycles. The number of thiazole rings is 1. The zero-order valence-corrected chi connectivity index (χ0v) is 13.7. The number of hydrogen-bond acceptors (Lipinski definition) is 5. The van der Waals surface area contributed by atoms with Crippen molar-refractivity contribution in [2.45, 2.75) is 50.2 Å². The molecule has 0 aliphatic heterocycles. The van der Waals surface area contributed by atoms with Crippen LogP contribution in [-0.4, -0.2) is 15.2 Å².